The summed E-state index contributed by atoms with van der Waals surface area (Å²) in [5.74, 6) is 1.25. The van der Waals surface area contributed by atoms with Crippen LogP contribution in [-0.2, 0) is 17.6 Å². The lowest BCUT2D eigenvalue weighted by Gasteiger charge is -2.05. The highest BCUT2D eigenvalue weighted by atomic mass is 35.5. The van der Waals surface area contributed by atoms with Crippen molar-refractivity contribution in [1.29, 1.82) is 0 Å². The Hall–Kier alpha value is -2.08. The maximum absolute atomic E-state index is 11.7. The molecule has 0 saturated carbocycles. The standard InChI is InChI=1S/C15H20N4O2.ClH/c1-11-18-15(21-19-11)4-2-3-14(20)17-10-9-12-5-7-13(16)8-6-12;/h5-8H,2-4,9-10,16H2,1H3,(H,17,20);1H. The van der Waals surface area contributed by atoms with Crippen molar-refractivity contribution < 1.29 is 9.32 Å². The van der Waals surface area contributed by atoms with Crippen molar-refractivity contribution in [2.75, 3.05) is 12.3 Å². The maximum atomic E-state index is 11.7. The zero-order chi connectivity index (χ0) is 15.1. The minimum Gasteiger partial charge on any atom is -0.399 e. The number of aryl methyl sites for hydroxylation is 2. The fourth-order valence-electron chi connectivity index (χ4n) is 1.96. The number of amides is 1. The first-order valence-corrected chi connectivity index (χ1v) is 7.04. The summed E-state index contributed by atoms with van der Waals surface area (Å²) in [7, 11) is 0. The summed E-state index contributed by atoms with van der Waals surface area (Å²) in [4.78, 5) is 15.8. The third kappa shape index (κ3) is 6.13. The number of hydrogen-bond acceptors (Lipinski definition) is 5. The van der Waals surface area contributed by atoms with E-state index in [4.69, 9.17) is 10.3 Å². The Morgan fingerprint density at radius 1 is 1.27 bits per heavy atom. The van der Waals surface area contributed by atoms with E-state index in [0.29, 0.717) is 37.5 Å². The largest absolute Gasteiger partial charge is 0.399 e. The summed E-state index contributed by atoms with van der Waals surface area (Å²) in [5.41, 5.74) is 7.53. The van der Waals surface area contributed by atoms with Gasteiger partial charge in [-0.25, -0.2) is 0 Å². The molecule has 0 spiro atoms. The Balaban J connectivity index is 0.00000242. The van der Waals surface area contributed by atoms with E-state index in [0.717, 1.165) is 17.7 Å². The monoisotopic (exact) mass is 324 g/mol. The van der Waals surface area contributed by atoms with Crippen molar-refractivity contribution in [3.63, 3.8) is 0 Å². The molecule has 1 heterocycles. The number of nitrogens with one attached hydrogen (secondary N) is 1. The SMILES string of the molecule is Cc1noc(CCCC(=O)NCCc2ccc(N)cc2)n1.Cl. The zero-order valence-electron chi connectivity index (χ0n) is 12.5. The summed E-state index contributed by atoms with van der Waals surface area (Å²) in [6.45, 7) is 2.40. The molecule has 0 fully saturated rings. The number of rotatable bonds is 7. The Bertz CT molecular complexity index is 583. The molecule has 3 N–H and O–H groups in total. The molecule has 22 heavy (non-hydrogen) atoms. The van der Waals surface area contributed by atoms with E-state index in [9.17, 15) is 4.79 Å². The van der Waals surface area contributed by atoms with Crippen molar-refractivity contribution in [1.82, 2.24) is 15.5 Å². The molecule has 1 amide bonds. The van der Waals surface area contributed by atoms with Crippen LogP contribution in [0.25, 0.3) is 0 Å². The maximum Gasteiger partial charge on any atom is 0.226 e. The molecule has 0 unspecified atom stereocenters. The van der Waals surface area contributed by atoms with E-state index in [1.54, 1.807) is 6.92 Å². The first-order valence-electron chi connectivity index (χ1n) is 7.04. The fourth-order valence-corrected chi connectivity index (χ4v) is 1.96. The third-order valence-corrected chi connectivity index (χ3v) is 3.08. The smallest absolute Gasteiger partial charge is 0.226 e. The number of hydrogen-bond donors (Lipinski definition) is 2. The number of nitrogens with two attached hydrogens (primary N) is 1. The summed E-state index contributed by atoms with van der Waals surface area (Å²) in [6, 6.07) is 7.67. The van der Waals surface area contributed by atoms with Gasteiger partial charge in [-0.3, -0.25) is 4.79 Å². The molecule has 6 nitrogen and oxygen atoms in total. The minimum absolute atomic E-state index is 0. The highest BCUT2D eigenvalue weighted by Crippen LogP contribution is 2.06. The molecule has 7 heteroatoms. The molecule has 1 aromatic carbocycles. The zero-order valence-corrected chi connectivity index (χ0v) is 13.4. The molecular formula is C15H21ClN4O2. The predicted molar refractivity (Wildman–Crippen MR) is 86.8 cm³/mol. The van der Waals surface area contributed by atoms with Gasteiger partial charge in [-0.1, -0.05) is 17.3 Å². The average molecular weight is 325 g/mol. The summed E-state index contributed by atoms with van der Waals surface area (Å²) >= 11 is 0. The molecule has 0 saturated heterocycles. The van der Waals surface area contributed by atoms with Gasteiger partial charge < -0.3 is 15.6 Å². The van der Waals surface area contributed by atoms with Gasteiger partial charge in [-0.05, 0) is 37.5 Å². The average Bonchev–Trinajstić information content (AvgIpc) is 2.87. The van der Waals surface area contributed by atoms with Gasteiger partial charge in [-0.2, -0.15) is 4.98 Å². The predicted octanol–water partition coefficient (Wildman–Crippen LogP) is 2.06. The van der Waals surface area contributed by atoms with Crippen LogP contribution >= 0.6 is 12.4 Å². The highest BCUT2D eigenvalue weighted by Gasteiger charge is 2.05. The van der Waals surface area contributed by atoms with E-state index >= 15 is 0 Å². The first-order chi connectivity index (χ1) is 10.1. The van der Waals surface area contributed by atoms with Crippen LogP contribution < -0.4 is 11.1 Å². The second-order valence-corrected chi connectivity index (χ2v) is 4.93. The lowest BCUT2D eigenvalue weighted by atomic mass is 10.1. The third-order valence-electron chi connectivity index (χ3n) is 3.08. The molecule has 2 rings (SSSR count). The van der Waals surface area contributed by atoms with Crippen molar-refractivity contribution in [2.45, 2.75) is 32.6 Å². The van der Waals surface area contributed by atoms with E-state index < -0.39 is 0 Å². The number of carbonyl (C=O) groups is 1. The molecule has 1 aromatic heterocycles. The molecule has 0 aliphatic carbocycles. The van der Waals surface area contributed by atoms with Crippen LogP contribution in [0.2, 0.25) is 0 Å². The van der Waals surface area contributed by atoms with Gasteiger partial charge in [0.25, 0.3) is 0 Å². The topological polar surface area (TPSA) is 94.0 Å². The van der Waals surface area contributed by atoms with Crippen LogP contribution in [0.3, 0.4) is 0 Å². The van der Waals surface area contributed by atoms with E-state index in [1.165, 1.54) is 0 Å². The molecule has 2 aromatic rings. The number of carbonyl (C=O) groups excluding carboxylic acids is 1. The molecule has 0 radical (unpaired) electrons. The Morgan fingerprint density at radius 2 is 2.00 bits per heavy atom. The van der Waals surface area contributed by atoms with Crippen LogP contribution in [-0.4, -0.2) is 22.6 Å². The van der Waals surface area contributed by atoms with Crippen molar-refractivity contribution >= 4 is 24.0 Å². The molecule has 0 aliphatic heterocycles. The van der Waals surface area contributed by atoms with Crippen molar-refractivity contribution in [3.05, 3.63) is 41.5 Å². The van der Waals surface area contributed by atoms with Gasteiger partial charge in [-0.15, -0.1) is 12.4 Å². The van der Waals surface area contributed by atoms with Gasteiger partial charge in [0.1, 0.15) is 0 Å². The van der Waals surface area contributed by atoms with Gasteiger partial charge in [0, 0.05) is 25.1 Å². The van der Waals surface area contributed by atoms with Gasteiger partial charge in [0.15, 0.2) is 5.82 Å². The highest BCUT2D eigenvalue weighted by molar-refractivity contribution is 5.85. The van der Waals surface area contributed by atoms with Gasteiger partial charge in [0.05, 0.1) is 0 Å². The second kappa shape index (κ2) is 9.04. The van der Waals surface area contributed by atoms with E-state index in [-0.39, 0.29) is 18.3 Å². The number of anilines is 1. The fraction of sp³-hybridized carbons (Fsp3) is 0.400. The normalized spacial score (nSPS) is 10.0. The molecular weight excluding hydrogens is 304 g/mol. The van der Waals surface area contributed by atoms with Crippen molar-refractivity contribution in [2.24, 2.45) is 0 Å². The molecule has 0 atom stereocenters. The van der Waals surface area contributed by atoms with Crippen molar-refractivity contribution in [3.8, 4) is 0 Å². The summed E-state index contributed by atoms with van der Waals surface area (Å²) in [6.07, 6.45) is 2.60. The molecule has 0 bridgehead atoms. The second-order valence-electron chi connectivity index (χ2n) is 4.93. The number of aromatic nitrogens is 2. The Morgan fingerprint density at radius 3 is 2.64 bits per heavy atom. The minimum atomic E-state index is 0. The van der Waals surface area contributed by atoms with Crippen LogP contribution in [0.4, 0.5) is 5.69 Å². The quantitative estimate of drug-likeness (QED) is 0.760. The number of nitrogens with zero attached hydrogens (tertiary/aromatic N) is 2. The Kier molecular flexibility index (Phi) is 7.39. The van der Waals surface area contributed by atoms with E-state index in [2.05, 4.69) is 15.5 Å². The van der Waals surface area contributed by atoms with Crippen LogP contribution in [0, 0.1) is 6.92 Å². The Labute approximate surface area is 135 Å². The first kappa shape index (κ1) is 18.0. The number of nitrogen functional groups attached to an aromatic ring is 1. The number of halogens is 1. The molecule has 0 aliphatic rings. The lowest BCUT2D eigenvalue weighted by Crippen LogP contribution is -2.25. The van der Waals surface area contributed by atoms with Gasteiger partial charge in [0.2, 0.25) is 11.8 Å². The van der Waals surface area contributed by atoms with Crippen LogP contribution in [0.15, 0.2) is 28.8 Å². The summed E-state index contributed by atoms with van der Waals surface area (Å²) in [5, 5.41) is 6.61. The van der Waals surface area contributed by atoms with Crippen LogP contribution in [0.1, 0.15) is 30.1 Å². The van der Waals surface area contributed by atoms with Gasteiger partial charge >= 0.3 is 0 Å². The molecule has 120 valence electrons. The number of benzene rings is 1. The lowest BCUT2D eigenvalue weighted by molar-refractivity contribution is -0.121. The van der Waals surface area contributed by atoms with E-state index in [1.807, 2.05) is 24.3 Å². The summed E-state index contributed by atoms with van der Waals surface area (Å²) < 4.78 is 4.99. The van der Waals surface area contributed by atoms with Crippen LogP contribution in [0.5, 0.6) is 0 Å².